The van der Waals surface area contributed by atoms with Crippen molar-refractivity contribution >= 4 is 17.4 Å². The molecular weight excluding hydrogens is 370 g/mol. The minimum Gasteiger partial charge on any atom is -0.486 e. The smallest absolute Gasteiger partial charge is 0.238 e. The molecular formula is C21H25N5O3. The van der Waals surface area contributed by atoms with Gasteiger partial charge in [0.15, 0.2) is 11.5 Å². The summed E-state index contributed by atoms with van der Waals surface area (Å²) in [6.07, 6.45) is 1.14. The van der Waals surface area contributed by atoms with Crippen LogP contribution in [0.2, 0.25) is 0 Å². The Labute approximate surface area is 169 Å². The van der Waals surface area contributed by atoms with Gasteiger partial charge in [-0.15, -0.1) is 0 Å². The molecule has 8 heteroatoms. The third-order valence-electron chi connectivity index (χ3n) is 5.77. The normalized spacial score (nSPS) is 22.8. The average molecular weight is 395 g/mol. The first-order valence-electron chi connectivity index (χ1n) is 10.1. The number of aryl methyl sites for hydroxylation is 2. The largest absolute Gasteiger partial charge is 0.486 e. The molecule has 2 bridgehead atoms. The van der Waals surface area contributed by atoms with Gasteiger partial charge in [0.1, 0.15) is 24.9 Å². The summed E-state index contributed by atoms with van der Waals surface area (Å²) in [6.45, 7) is 7.20. The monoisotopic (exact) mass is 395 g/mol. The Morgan fingerprint density at radius 3 is 2.62 bits per heavy atom. The highest BCUT2D eigenvalue weighted by atomic mass is 16.6. The Bertz CT molecular complexity index is 918. The van der Waals surface area contributed by atoms with Gasteiger partial charge in [-0.3, -0.25) is 9.69 Å². The van der Waals surface area contributed by atoms with Crippen molar-refractivity contribution in [1.29, 1.82) is 0 Å². The van der Waals surface area contributed by atoms with Gasteiger partial charge in [0.2, 0.25) is 5.91 Å². The number of ether oxygens (including phenoxy) is 2. The molecule has 1 aromatic carbocycles. The van der Waals surface area contributed by atoms with E-state index >= 15 is 0 Å². The lowest BCUT2D eigenvalue weighted by Gasteiger charge is -2.56. The van der Waals surface area contributed by atoms with Crippen LogP contribution >= 0.6 is 0 Å². The standard InChI is InChI=1S/C21H25N5O3/c1-13-7-20(23-14(2)22-13)25-10-16-9-17(11-25)26(16)12-21(27)24-15-3-4-18-19(8-15)29-6-5-28-18/h3-4,7-8,16-17H,5-6,9-12H2,1-2H3,(H,24,27). The number of anilines is 2. The van der Waals surface area contributed by atoms with E-state index in [9.17, 15) is 4.79 Å². The predicted molar refractivity (Wildman–Crippen MR) is 109 cm³/mol. The quantitative estimate of drug-likeness (QED) is 0.845. The number of carbonyl (C=O) groups excluding carboxylic acids is 1. The van der Waals surface area contributed by atoms with Gasteiger partial charge in [-0.05, 0) is 32.4 Å². The van der Waals surface area contributed by atoms with Crippen molar-refractivity contribution in [2.24, 2.45) is 0 Å². The van der Waals surface area contributed by atoms with Crippen molar-refractivity contribution in [3.05, 3.63) is 35.8 Å². The Balaban J connectivity index is 1.19. The van der Waals surface area contributed by atoms with Gasteiger partial charge in [0, 0.05) is 48.7 Å². The summed E-state index contributed by atoms with van der Waals surface area (Å²) in [7, 11) is 0. The average Bonchev–Trinajstić information content (AvgIpc) is 2.71. The highest BCUT2D eigenvalue weighted by Gasteiger charge is 2.45. The molecule has 1 amide bonds. The zero-order chi connectivity index (χ0) is 20.0. The van der Waals surface area contributed by atoms with Crippen molar-refractivity contribution in [2.75, 3.05) is 43.1 Å². The van der Waals surface area contributed by atoms with Gasteiger partial charge >= 0.3 is 0 Å². The summed E-state index contributed by atoms with van der Waals surface area (Å²) in [4.78, 5) is 26.2. The Morgan fingerprint density at radius 1 is 1.10 bits per heavy atom. The van der Waals surface area contributed by atoms with Gasteiger partial charge in [0.25, 0.3) is 0 Å². The maximum Gasteiger partial charge on any atom is 0.238 e. The van der Waals surface area contributed by atoms with E-state index in [4.69, 9.17) is 9.47 Å². The molecule has 1 N–H and O–H groups in total. The van der Waals surface area contributed by atoms with Crippen LogP contribution in [-0.4, -0.2) is 65.7 Å². The summed E-state index contributed by atoms with van der Waals surface area (Å²) in [5, 5.41) is 2.99. The second-order valence-electron chi connectivity index (χ2n) is 7.94. The van der Waals surface area contributed by atoms with Crippen molar-refractivity contribution in [1.82, 2.24) is 14.9 Å². The molecule has 5 heterocycles. The molecule has 8 nitrogen and oxygen atoms in total. The summed E-state index contributed by atoms with van der Waals surface area (Å²) in [6, 6.07) is 8.32. The second kappa shape index (κ2) is 7.18. The first-order valence-corrected chi connectivity index (χ1v) is 10.1. The van der Waals surface area contributed by atoms with E-state index in [1.54, 1.807) is 0 Å². The zero-order valence-corrected chi connectivity index (χ0v) is 16.7. The molecule has 0 aliphatic carbocycles. The van der Waals surface area contributed by atoms with Crippen LogP contribution in [0.25, 0.3) is 0 Å². The number of benzene rings is 1. The SMILES string of the molecule is Cc1cc(N2CC3CC(C2)N3CC(=O)Nc2ccc3c(c2)OCCO3)nc(C)n1. The number of rotatable bonds is 4. The number of piperidine rings is 1. The summed E-state index contributed by atoms with van der Waals surface area (Å²) >= 11 is 0. The van der Waals surface area contributed by atoms with Gasteiger partial charge in [-0.1, -0.05) is 0 Å². The van der Waals surface area contributed by atoms with Gasteiger partial charge in [0.05, 0.1) is 6.54 Å². The Kier molecular flexibility index (Phi) is 4.50. The summed E-state index contributed by atoms with van der Waals surface area (Å²) in [5.74, 6) is 3.20. The van der Waals surface area contributed by atoms with Crippen molar-refractivity contribution in [3.8, 4) is 11.5 Å². The number of aromatic nitrogens is 2. The van der Waals surface area contributed by atoms with E-state index in [-0.39, 0.29) is 5.91 Å². The minimum atomic E-state index is -0.00134. The number of nitrogens with zero attached hydrogens (tertiary/aromatic N) is 4. The molecule has 2 atom stereocenters. The topological polar surface area (TPSA) is 79.8 Å². The number of hydrogen-bond acceptors (Lipinski definition) is 7. The van der Waals surface area contributed by atoms with Crippen LogP contribution in [0.15, 0.2) is 24.3 Å². The van der Waals surface area contributed by atoms with E-state index in [0.717, 1.165) is 48.3 Å². The van der Waals surface area contributed by atoms with E-state index in [1.807, 2.05) is 38.1 Å². The van der Waals surface area contributed by atoms with E-state index in [0.29, 0.717) is 37.6 Å². The van der Waals surface area contributed by atoms with Gasteiger partial charge in [-0.25, -0.2) is 9.97 Å². The van der Waals surface area contributed by atoms with Gasteiger partial charge < -0.3 is 19.7 Å². The lowest BCUT2D eigenvalue weighted by molar-refractivity contribution is -0.121. The molecule has 6 rings (SSSR count). The first kappa shape index (κ1) is 18.2. The molecule has 152 valence electrons. The minimum absolute atomic E-state index is 0.00134. The van der Waals surface area contributed by atoms with Gasteiger partial charge in [-0.2, -0.15) is 0 Å². The van der Waals surface area contributed by atoms with Crippen LogP contribution in [0, 0.1) is 13.8 Å². The van der Waals surface area contributed by atoms with Crippen LogP contribution in [0.4, 0.5) is 11.5 Å². The van der Waals surface area contributed by atoms with Crippen LogP contribution in [0.1, 0.15) is 17.9 Å². The van der Waals surface area contributed by atoms with Crippen molar-refractivity contribution in [2.45, 2.75) is 32.4 Å². The lowest BCUT2D eigenvalue weighted by Crippen LogP contribution is -2.69. The number of carbonyl (C=O) groups is 1. The molecule has 4 aliphatic rings. The molecule has 0 radical (unpaired) electrons. The third kappa shape index (κ3) is 3.60. The van der Waals surface area contributed by atoms with Crippen LogP contribution < -0.4 is 19.7 Å². The second-order valence-corrected chi connectivity index (χ2v) is 7.94. The molecule has 1 aromatic heterocycles. The number of amides is 1. The fraction of sp³-hybridized carbons (Fsp3) is 0.476. The number of nitrogens with one attached hydrogen (secondary N) is 1. The molecule has 2 aromatic rings. The molecule has 29 heavy (non-hydrogen) atoms. The van der Waals surface area contributed by atoms with Crippen molar-refractivity contribution < 1.29 is 14.3 Å². The third-order valence-corrected chi connectivity index (χ3v) is 5.77. The fourth-order valence-electron chi connectivity index (χ4n) is 4.48. The molecule has 3 saturated heterocycles. The Morgan fingerprint density at radius 2 is 1.86 bits per heavy atom. The van der Waals surface area contributed by atoms with Crippen molar-refractivity contribution in [3.63, 3.8) is 0 Å². The number of piperazine rings is 1. The van der Waals surface area contributed by atoms with E-state index < -0.39 is 0 Å². The molecule has 0 saturated carbocycles. The highest BCUT2D eigenvalue weighted by Crippen LogP contribution is 2.35. The molecule has 3 fully saturated rings. The summed E-state index contributed by atoms with van der Waals surface area (Å²) < 4.78 is 11.1. The van der Waals surface area contributed by atoms with E-state index in [1.165, 1.54) is 0 Å². The zero-order valence-electron chi connectivity index (χ0n) is 16.7. The molecule has 4 aliphatic heterocycles. The first-order chi connectivity index (χ1) is 14.0. The molecule has 2 unspecified atom stereocenters. The van der Waals surface area contributed by atoms with E-state index in [2.05, 4.69) is 25.1 Å². The van der Waals surface area contributed by atoms with Crippen LogP contribution in [0.3, 0.4) is 0 Å². The Hall–Kier alpha value is -2.87. The number of hydrogen-bond donors (Lipinski definition) is 1. The van der Waals surface area contributed by atoms with Crippen LogP contribution in [-0.2, 0) is 4.79 Å². The fourth-order valence-corrected chi connectivity index (χ4v) is 4.48. The summed E-state index contributed by atoms with van der Waals surface area (Å²) in [5.41, 5.74) is 1.72. The predicted octanol–water partition coefficient (Wildman–Crippen LogP) is 1.77. The lowest BCUT2D eigenvalue weighted by atomic mass is 9.87. The highest BCUT2D eigenvalue weighted by molar-refractivity contribution is 5.92. The maximum atomic E-state index is 12.6. The number of fused-ring (bicyclic) bond motifs is 3. The van der Waals surface area contributed by atoms with Crippen LogP contribution in [0.5, 0.6) is 11.5 Å². The maximum absolute atomic E-state index is 12.6. The molecule has 0 spiro atoms.